The number of anilines is 1. The van der Waals surface area contributed by atoms with Crippen molar-refractivity contribution in [1.29, 1.82) is 0 Å². The molecule has 8 heteroatoms. The number of nitrogens with one attached hydrogen (secondary N) is 2. The summed E-state index contributed by atoms with van der Waals surface area (Å²) in [6.07, 6.45) is 3.01. The molecule has 1 amide bonds. The summed E-state index contributed by atoms with van der Waals surface area (Å²) >= 11 is 9.38. The van der Waals surface area contributed by atoms with Gasteiger partial charge in [-0.15, -0.1) is 0 Å². The third-order valence-corrected chi connectivity index (χ3v) is 5.08. The summed E-state index contributed by atoms with van der Waals surface area (Å²) in [5.74, 6) is 0.0852. The molecule has 0 saturated carbocycles. The third-order valence-electron chi connectivity index (χ3n) is 4.33. The minimum atomic E-state index is -0.272. The largest absolute Gasteiger partial charge is 0.326 e. The second kappa shape index (κ2) is 10.4. The van der Waals surface area contributed by atoms with E-state index in [9.17, 15) is 4.79 Å². The van der Waals surface area contributed by atoms with Gasteiger partial charge in [-0.1, -0.05) is 40.5 Å². The maximum absolute atomic E-state index is 12.7. The van der Waals surface area contributed by atoms with Gasteiger partial charge in [-0.05, 0) is 55.8 Å². The molecule has 6 nitrogen and oxygen atoms in total. The normalized spacial score (nSPS) is 11.4. The van der Waals surface area contributed by atoms with Crippen molar-refractivity contribution < 1.29 is 4.79 Å². The molecule has 0 saturated heterocycles. The lowest BCUT2D eigenvalue weighted by Crippen LogP contribution is -2.36. The molecule has 1 aromatic heterocycles. The standard InChI is InChI=1S/C22H23BrClN5O/c1-3-11-29-14-17(15(2)28-29)13-25-22(26-20-6-4-5-18(23)12-20)27-21(30)16-7-9-19(24)10-8-16/h4-10,12,14H,3,11,13H2,1-2H3,(H2,25,26,27,30). The van der Waals surface area contributed by atoms with Gasteiger partial charge in [-0.25, -0.2) is 4.99 Å². The highest BCUT2D eigenvalue weighted by molar-refractivity contribution is 9.10. The first kappa shape index (κ1) is 22.1. The van der Waals surface area contributed by atoms with Gasteiger partial charge in [0, 0.05) is 39.1 Å². The Bertz CT molecular complexity index is 1050. The van der Waals surface area contributed by atoms with E-state index >= 15 is 0 Å². The van der Waals surface area contributed by atoms with Crippen LogP contribution in [0.2, 0.25) is 5.02 Å². The van der Waals surface area contributed by atoms with E-state index < -0.39 is 0 Å². The van der Waals surface area contributed by atoms with Crippen molar-refractivity contribution in [3.8, 4) is 0 Å². The fourth-order valence-electron chi connectivity index (χ4n) is 2.82. The summed E-state index contributed by atoms with van der Waals surface area (Å²) in [4.78, 5) is 17.3. The predicted molar refractivity (Wildman–Crippen MR) is 125 cm³/mol. The van der Waals surface area contributed by atoms with Gasteiger partial charge in [0.25, 0.3) is 5.91 Å². The fourth-order valence-corrected chi connectivity index (χ4v) is 3.34. The number of aryl methyl sites for hydroxylation is 2. The summed E-state index contributed by atoms with van der Waals surface area (Å²) in [6, 6.07) is 14.4. The average molecular weight is 489 g/mol. The lowest BCUT2D eigenvalue weighted by Gasteiger charge is -2.12. The van der Waals surface area contributed by atoms with E-state index in [1.165, 1.54) is 0 Å². The summed E-state index contributed by atoms with van der Waals surface area (Å²) < 4.78 is 2.85. The zero-order valence-corrected chi connectivity index (χ0v) is 19.2. The Kier molecular flexibility index (Phi) is 7.65. The number of carbonyl (C=O) groups is 1. The molecule has 0 bridgehead atoms. The number of hydrogen-bond acceptors (Lipinski definition) is 3. The molecule has 0 spiro atoms. The van der Waals surface area contributed by atoms with Crippen LogP contribution in [0, 0.1) is 6.92 Å². The van der Waals surface area contributed by atoms with Crippen LogP contribution >= 0.6 is 27.5 Å². The maximum Gasteiger partial charge on any atom is 0.257 e. The molecule has 0 unspecified atom stereocenters. The number of rotatable bonds is 6. The van der Waals surface area contributed by atoms with Crippen molar-refractivity contribution in [3.05, 3.63) is 81.0 Å². The van der Waals surface area contributed by atoms with E-state index in [1.807, 2.05) is 42.1 Å². The van der Waals surface area contributed by atoms with Crippen LogP contribution in [0.1, 0.15) is 35.0 Å². The van der Waals surface area contributed by atoms with Crippen LogP contribution in [0.15, 0.2) is 64.2 Å². The molecule has 30 heavy (non-hydrogen) atoms. The molecule has 3 aromatic rings. The van der Waals surface area contributed by atoms with Crippen LogP contribution in [0.25, 0.3) is 0 Å². The van der Waals surface area contributed by atoms with E-state index in [4.69, 9.17) is 11.6 Å². The molecule has 3 rings (SSSR count). The fraction of sp³-hybridized carbons (Fsp3) is 0.227. The van der Waals surface area contributed by atoms with Crippen molar-refractivity contribution in [2.45, 2.75) is 33.4 Å². The number of halogens is 2. The highest BCUT2D eigenvalue weighted by Gasteiger charge is 2.11. The zero-order chi connectivity index (χ0) is 21.5. The quantitative estimate of drug-likeness (QED) is 0.360. The first-order chi connectivity index (χ1) is 14.4. The molecule has 156 valence electrons. The molecular weight excluding hydrogens is 466 g/mol. The highest BCUT2D eigenvalue weighted by atomic mass is 79.9. The summed E-state index contributed by atoms with van der Waals surface area (Å²) in [5, 5.41) is 11.1. The number of guanidine groups is 1. The summed E-state index contributed by atoms with van der Waals surface area (Å²) in [5.41, 5.74) is 3.24. The Balaban J connectivity index is 1.81. The molecule has 0 aliphatic heterocycles. The number of benzene rings is 2. The molecule has 0 fully saturated rings. The van der Waals surface area contributed by atoms with E-state index in [0.29, 0.717) is 23.1 Å². The van der Waals surface area contributed by atoms with Gasteiger partial charge in [-0.3, -0.25) is 14.8 Å². The highest BCUT2D eigenvalue weighted by Crippen LogP contribution is 2.16. The van der Waals surface area contributed by atoms with Crippen molar-refractivity contribution in [2.75, 3.05) is 5.32 Å². The topological polar surface area (TPSA) is 71.3 Å². The van der Waals surface area contributed by atoms with Crippen LogP contribution in [0.3, 0.4) is 0 Å². The molecule has 0 radical (unpaired) electrons. The molecule has 2 aromatic carbocycles. The maximum atomic E-state index is 12.7. The predicted octanol–water partition coefficient (Wildman–Crippen LogP) is 5.42. The van der Waals surface area contributed by atoms with Gasteiger partial charge >= 0.3 is 0 Å². The van der Waals surface area contributed by atoms with E-state index in [-0.39, 0.29) is 5.91 Å². The number of carbonyl (C=O) groups excluding carboxylic acids is 1. The smallest absolute Gasteiger partial charge is 0.257 e. The Hall–Kier alpha value is -2.64. The monoisotopic (exact) mass is 487 g/mol. The van der Waals surface area contributed by atoms with E-state index in [2.05, 4.69) is 43.6 Å². The molecule has 1 heterocycles. The van der Waals surface area contributed by atoms with Crippen LogP contribution in [-0.2, 0) is 13.1 Å². The Morgan fingerprint density at radius 2 is 2.00 bits per heavy atom. The van der Waals surface area contributed by atoms with Gasteiger partial charge in [0.15, 0.2) is 0 Å². The van der Waals surface area contributed by atoms with Gasteiger partial charge < -0.3 is 5.32 Å². The zero-order valence-electron chi connectivity index (χ0n) is 16.8. The Morgan fingerprint density at radius 1 is 1.23 bits per heavy atom. The number of hydrogen-bond donors (Lipinski definition) is 2. The van der Waals surface area contributed by atoms with Crippen molar-refractivity contribution in [2.24, 2.45) is 4.99 Å². The van der Waals surface area contributed by atoms with Gasteiger partial charge in [0.05, 0.1) is 12.2 Å². The molecular formula is C22H23BrClN5O. The first-order valence-corrected chi connectivity index (χ1v) is 10.8. The minimum absolute atomic E-state index is 0.272. The Morgan fingerprint density at radius 3 is 2.70 bits per heavy atom. The summed E-state index contributed by atoms with van der Waals surface area (Å²) in [7, 11) is 0. The number of amides is 1. The second-order valence-electron chi connectivity index (χ2n) is 6.76. The Labute approximate surface area is 189 Å². The van der Waals surface area contributed by atoms with Crippen molar-refractivity contribution >= 4 is 45.1 Å². The van der Waals surface area contributed by atoms with Crippen LogP contribution in [-0.4, -0.2) is 21.6 Å². The SMILES string of the molecule is CCCn1cc(CN=C(NC(=O)c2ccc(Cl)cc2)Nc2cccc(Br)c2)c(C)n1. The molecule has 2 N–H and O–H groups in total. The molecule has 0 atom stereocenters. The average Bonchev–Trinajstić information content (AvgIpc) is 3.06. The second-order valence-corrected chi connectivity index (χ2v) is 8.12. The van der Waals surface area contributed by atoms with Gasteiger partial charge in [-0.2, -0.15) is 5.10 Å². The van der Waals surface area contributed by atoms with Crippen molar-refractivity contribution in [3.63, 3.8) is 0 Å². The van der Waals surface area contributed by atoms with Crippen molar-refractivity contribution in [1.82, 2.24) is 15.1 Å². The lowest BCUT2D eigenvalue weighted by molar-refractivity contribution is 0.0977. The number of aliphatic imine (C=N–C) groups is 1. The van der Waals surface area contributed by atoms with Crippen LogP contribution in [0.4, 0.5) is 5.69 Å². The number of aromatic nitrogens is 2. The van der Waals surface area contributed by atoms with Crippen LogP contribution < -0.4 is 10.6 Å². The van der Waals surface area contributed by atoms with E-state index in [0.717, 1.165) is 34.4 Å². The van der Waals surface area contributed by atoms with Gasteiger partial charge in [0.2, 0.25) is 5.96 Å². The molecule has 0 aliphatic rings. The lowest BCUT2D eigenvalue weighted by atomic mass is 10.2. The molecule has 0 aliphatic carbocycles. The van der Waals surface area contributed by atoms with Gasteiger partial charge in [0.1, 0.15) is 0 Å². The van der Waals surface area contributed by atoms with E-state index in [1.54, 1.807) is 24.3 Å². The third kappa shape index (κ3) is 6.18. The van der Waals surface area contributed by atoms with Crippen LogP contribution in [0.5, 0.6) is 0 Å². The summed E-state index contributed by atoms with van der Waals surface area (Å²) in [6.45, 7) is 5.33. The number of nitrogens with zero attached hydrogens (tertiary/aromatic N) is 3. The first-order valence-electron chi connectivity index (χ1n) is 9.61. The minimum Gasteiger partial charge on any atom is -0.326 e.